The highest BCUT2D eigenvalue weighted by molar-refractivity contribution is 5.79. The van der Waals surface area contributed by atoms with Crippen LogP contribution in [0.15, 0.2) is 0 Å². The summed E-state index contributed by atoms with van der Waals surface area (Å²) < 4.78 is 0. The van der Waals surface area contributed by atoms with Crippen LogP contribution in [0.25, 0.3) is 0 Å². The zero-order valence-corrected chi connectivity index (χ0v) is 8.29. The van der Waals surface area contributed by atoms with Crippen molar-refractivity contribution in [3.05, 3.63) is 0 Å². The van der Waals surface area contributed by atoms with Crippen LogP contribution in [-0.2, 0) is 4.79 Å². The van der Waals surface area contributed by atoms with Crippen LogP contribution in [0.4, 0.5) is 0 Å². The molecule has 2 atom stereocenters. The number of nitrogens with zero attached hydrogens (tertiary/aromatic N) is 1. The second-order valence-corrected chi connectivity index (χ2v) is 3.62. The summed E-state index contributed by atoms with van der Waals surface area (Å²) in [5.41, 5.74) is 0. The molecule has 1 rings (SSSR count). The van der Waals surface area contributed by atoms with Gasteiger partial charge in [0.1, 0.15) is 0 Å². The zero-order chi connectivity index (χ0) is 9.84. The fourth-order valence-electron chi connectivity index (χ4n) is 1.74. The first kappa shape index (κ1) is 10.5. The van der Waals surface area contributed by atoms with Gasteiger partial charge in [0.2, 0.25) is 5.91 Å². The summed E-state index contributed by atoms with van der Waals surface area (Å²) in [6.45, 7) is 3.42. The van der Waals surface area contributed by atoms with Gasteiger partial charge in [0.05, 0.1) is 12.5 Å². The highest BCUT2D eigenvalue weighted by Gasteiger charge is 2.30. The second kappa shape index (κ2) is 4.58. The molecule has 0 aromatic rings. The number of amides is 1. The molecule has 1 heterocycles. The third kappa shape index (κ3) is 2.42. The molecule has 0 aliphatic carbocycles. The summed E-state index contributed by atoms with van der Waals surface area (Å²) in [7, 11) is 1.74. The summed E-state index contributed by atoms with van der Waals surface area (Å²) in [5, 5.41) is 11.9. The minimum Gasteiger partial charge on any atom is -0.395 e. The van der Waals surface area contributed by atoms with Crippen LogP contribution in [0.5, 0.6) is 0 Å². The van der Waals surface area contributed by atoms with Crippen LogP contribution in [-0.4, -0.2) is 48.7 Å². The Kier molecular flexibility index (Phi) is 3.69. The lowest BCUT2D eigenvalue weighted by Crippen LogP contribution is -2.39. The van der Waals surface area contributed by atoms with Crippen molar-refractivity contribution in [2.75, 3.05) is 26.7 Å². The van der Waals surface area contributed by atoms with Crippen LogP contribution in [0.1, 0.15) is 13.3 Å². The predicted molar refractivity (Wildman–Crippen MR) is 50.3 cm³/mol. The van der Waals surface area contributed by atoms with Crippen molar-refractivity contribution in [2.24, 2.45) is 5.92 Å². The normalized spacial score (nSPS) is 27.6. The lowest BCUT2D eigenvalue weighted by atomic mass is 10.0. The molecule has 0 spiro atoms. The van der Waals surface area contributed by atoms with Crippen LogP contribution < -0.4 is 5.32 Å². The number of carbonyl (C=O) groups excluding carboxylic acids is 1. The SMILES string of the molecule is CC1NCCC1C(=O)N(C)CCO. The number of hydrogen-bond donors (Lipinski definition) is 2. The van der Waals surface area contributed by atoms with Crippen molar-refractivity contribution in [3.8, 4) is 0 Å². The van der Waals surface area contributed by atoms with Gasteiger partial charge < -0.3 is 15.3 Å². The lowest BCUT2D eigenvalue weighted by molar-refractivity contribution is -0.134. The molecule has 4 heteroatoms. The molecule has 76 valence electrons. The van der Waals surface area contributed by atoms with E-state index in [1.165, 1.54) is 0 Å². The molecule has 1 amide bonds. The first-order valence-electron chi connectivity index (χ1n) is 4.76. The third-order valence-corrected chi connectivity index (χ3v) is 2.65. The van der Waals surface area contributed by atoms with Crippen LogP contribution in [0, 0.1) is 5.92 Å². The van der Waals surface area contributed by atoms with Crippen molar-refractivity contribution in [1.82, 2.24) is 10.2 Å². The summed E-state index contributed by atoms with van der Waals surface area (Å²) >= 11 is 0. The molecule has 2 unspecified atom stereocenters. The minimum atomic E-state index is 0.0385. The molecule has 1 aliphatic rings. The number of nitrogens with one attached hydrogen (secondary N) is 1. The van der Waals surface area contributed by atoms with Crippen molar-refractivity contribution >= 4 is 5.91 Å². The predicted octanol–water partition coefficient (Wildman–Crippen LogP) is -0.565. The van der Waals surface area contributed by atoms with Crippen LogP contribution in [0.2, 0.25) is 0 Å². The van der Waals surface area contributed by atoms with Gasteiger partial charge in [-0.3, -0.25) is 4.79 Å². The molecule has 1 aliphatic heterocycles. The smallest absolute Gasteiger partial charge is 0.227 e. The summed E-state index contributed by atoms with van der Waals surface area (Å²) in [6, 6.07) is 0.272. The second-order valence-electron chi connectivity index (χ2n) is 3.62. The number of carbonyl (C=O) groups is 1. The van der Waals surface area contributed by atoms with E-state index < -0.39 is 0 Å². The summed E-state index contributed by atoms with van der Waals surface area (Å²) in [6.07, 6.45) is 0.912. The van der Waals surface area contributed by atoms with E-state index in [2.05, 4.69) is 5.32 Å². The fraction of sp³-hybridized carbons (Fsp3) is 0.889. The standard InChI is InChI=1S/C9H18N2O2/c1-7-8(3-4-10-7)9(13)11(2)5-6-12/h7-8,10,12H,3-6H2,1-2H3. The van der Waals surface area contributed by atoms with E-state index in [9.17, 15) is 4.79 Å². The molecule has 4 nitrogen and oxygen atoms in total. The van der Waals surface area contributed by atoms with Gasteiger partial charge in [-0.1, -0.05) is 0 Å². The Hall–Kier alpha value is -0.610. The Morgan fingerprint density at radius 1 is 1.69 bits per heavy atom. The van der Waals surface area contributed by atoms with Crippen LogP contribution >= 0.6 is 0 Å². The van der Waals surface area contributed by atoms with Crippen molar-refractivity contribution < 1.29 is 9.90 Å². The number of aliphatic hydroxyl groups is 1. The first-order valence-corrected chi connectivity index (χ1v) is 4.76. The van der Waals surface area contributed by atoms with Gasteiger partial charge in [0.25, 0.3) is 0 Å². The molecule has 1 saturated heterocycles. The number of likely N-dealkylation sites (N-methyl/N-ethyl adjacent to an activating group) is 1. The molecule has 2 N–H and O–H groups in total. The Morgan fingerprint density at radius 2 is 2.38 bits per heavy atom. The molecule has 0 radical (unpaired) electrons. The van der Waals surface area contributed by atoms with Crippen molar-refractivity contribution in [3.63, 3.8) is 0 Å². The Bertz CT molecular complexity index is 184. The first-order chi connectivity index (χ1) is 6.16. The van der Waals surface area contributed by atoms with E-state index in [0.717, 1.165) is 13.0 Å². The van der Waals surface area contributed by atoms with Crippen LogP contribution in [0.3, 0.4) is 0 Å². The number of aliphatic hydroxyl groups excluding tert-OH is 1. The molecular formula is C9H18N2O2. The quantitative estimate of drug-likeness (QED) is 0.621. The fourth-order valence-corrected chi connectivity index (χ4v) is 1.74. The Balaban J connectivity index is 2.46. The monoisotopic (exact) mass is 186 g/mol. The van der Waals surface area contributed by atoms with Gasteiger partial charge in [-0.2, -0.15) is 0 Å². The van der Waals surface area contributed by atoms with Gasteiger partial charge in [-0.15, -0.1) is 0 Å². The lowest BCUT2D eigenvalue weighted by Gasteiger charge is -2.22. The third-order valence-electron chi connectivity index (χ3n) is 2.65. The van der Waals surface area contributed by atoms with Crippen molar-refractivity contribution in [1.29, 1.82) is 0 Å². The maximum atomic E-state index is 11.7. The molecule has 0 aromatic heterocycles. The Morgan fingerprint density at radius 3 is 2.85 bits per heavy atom. The average Bonchev–Trinajstić information content (AvgIpc) is 2.50. The largest absolute Gasteiger partial charge is 0.395 e. The number of rotatable bonds is 3. The summed E-state index contributed by atoms with van der Waals surface area (Å²) in [5.74, 6) is 0.239. The number of hydrogen-bond acceptors (Lipinski definition) is 3. The van der Waals surface area contributed by atoms with E-state index in [-0.39, 0.29) is 24.5 Å². The molecular weight excluding hydrogens is 168 g/mol. The maximum Gasteiger partial charge on any atom is 0.227 e. The van der Waals surface area contributed by atoms with Crippen molar-refractivity contribution in [2.45, 2.75) is 19.4 Å². The van der Waals surface area contributed by atoms with E-state index >= 15 is 0 Å². The Labute approximate surface area is 78.9 Å². The average molecular weight is 186 g/mol. The molecule has 0 saturated carbocycles. The zero-order valence-electron chi connectivity index (χ0n) is 8.29. The van der Waals surface area contributed by atoms with E-state index in [1.807, 2.05) is 6.92 Å². The maximum absolute atomic E-state index is 11.7. The molecule has 0 aromatic carbocycles. The molecule has 0 bridgehead atoms. The van der Waals surface area contributed by atoms with E-state index in [4.69, 9.17) is 5.11 Å². The van der Waals surface area contributed by atoms with Gasteiger partial charge in [-0.25, -0.2) is 0 Å². The van der Waals surface area contributed by atoms with E-state index in [0.29, 0.717) is 6.54 Å². The highest BCUT2D eigenvalue weighted by atomic mass is 16.3. The molecule has 13 heavy (non-hydrogen) atoms. The van der Waals surface area contributed by atoms with E-state index in [1.54, 1.807) is 11.9 Å². The highest BCUT2D eigenvalue weighted by Crippen LogP contribution is 2.17. The van der Waals surface area contributed by atoms with Gasteiger partial charge in [0, 0.05) is 19.6 Å². The van der Waals surface area contributed by atoms with Gasteiger partial charge in [0.15, 0.2) is 0 Å². The minimum absolute atomic E-state index is 0.0385. The summed E-state index contributed by atoms with van der Waals surface area (Å²) in [4.78, 5) is 13.3. The topological polar surface area (TPSA) is 52.6 Å². The van der Waals surface area contributed by atoms with Gasteiger partial charge >= 0.3 is 0 Å². The molecule has 1 fully saturated rings. The van der Waals surface area contributed by atoms with Gasteiger partial charge in [-0.05, 0) is 19.9 Å².